The summed E-state index contributed by atoms with van der Waals surface area (Å²) in [6.45, 7) is 1.56. The molecule has 1 aromatic rings. The summed E-state index contributed by atoms with van der Waals surface area (Å²) in [6.07, 6.45) is 1.88. The van der Waals surface area contributed by atoms with Crippen LogP contribution in [0.1, 0.15) is 12.8 Å². The van der Waals surface area contributed by atoms with Crippen molar-refractivity contribution in [2.45, 2.75) is 12.8 Å². The van der Waals surface area contributed by atoms with E-state index in [4.69, 9.17) is 5.73 Å². The summed E-state index contributed by atoms with van der Waals surface area (Å²) < 4.78 is 26.1. The summed E-state index contributed by atoms with van der Waals surface area (Å²) in [7, 11) is 3.99. The Balaban J connectivity index is 2.39. The number of unbranched alkanes of at least 4 members (excludes halogenated alkanes) is 1. The lowest BCUT2D eigenvalue weighted by atomic mass is 10.3. The number of rotatable bonds is 6. The quantitative estimate of drug-likeness (QED) is 0.748. The van der Waals surface area contributed by atoms with Gasteiger partial charge in [0.15, 0.2) is 23.3 Å². The van der Waals surface area contributed by atoms with Gasteiger partial charge in [0.25, 0.3) is 0 Å². The van der Waals surface area contributed by atoms with E-state index in [9.17, 15) is 8.78 Å². The van der Waals surface area contributed by atoms with Gasteiger partial charge >= 0.3 is 0 Å². The number of aromatic nitrogens is 1. The topological polar surface area (TPSA) is 54.2 Å². The van der Waals surface area contributed by atoms with Crippen molar-refractivity contribution >= 4 is 11.6 Å². The van der Waals surface area contributed by atoms with Crippen molar-refractivity contribution in [1.82, 2.24) is 9.88 Å². The number of nitrogens with zero attached hydrogens (tertiary/aromatic N) is 2. The third-order valence-electron chi connectivity index (χ3n) is 2.28. The lowest BCUT2D eigenvalue weighted by Crippen LogP contribution is -2.14. The fourth-order valence-corrected chi connectivity index (χ4v) is 1.36. The monoisotopic (exact) mass is 244 g/mol. The molecule has 4 nitrogen and oxygen atoms in total. The Kier molecular flexibility index (Phi) is 5.09. The van der Waals surface area contributed by atoms with Crippen molar-refractivity contribution in [2.24, 2.45) is 0 Å². The standard InChI is InChI=1S/C11H18F2N4/c1-17(2)6-4-3-5-15-11-9(13)7-8(12)10(14)16-11/h7H,3-6H2,1-2H3,(H3,14,15,16). The molecule has 0 aliphatic carbocycles. The second-order valence-corrected chi connectivity index (χ2v) is 4.12. The molecule has 0 spiro atoms. The molecular formula is C11H18F2N4. The second kappa shape index (κ2) is 6.34. The molecule has 0 saturated heterocycles. The summed E-state index contributed by atoms with van der Waals surface area (Å²) in [5.41, 5.74) is 5.26. The lowest BCUT2D eigenvalue weighted by Gasteiger charge is -2.10. The van der Waals surface area contributed by atoms with E-state index >= 15 is 0 Å². The molecule has 3 N–H and O–H groups in total. The van der Waals surface area contributed by atoms with Crippen molar-refractivity contribution in [3.63, 3.8) is 0 Å². The smallest absolute Gasteiger partial charge is 0.168 e. The van der Waals surface area contributed by atoms with Crippen LogP contribution in [-0.2, 0) is 0 Å². The molecule has 0 saturated carbocycles. The van der Waals surface area contributed by atoms with Gasteiger partial charge in [0.2, 0.25) is 0 Å². The third-order valence-corrected chi connectivity index (χ3v) is 2.28. The largest absolute Gasteiger partial charge is 0.381 e. The van der Waals surface area contributed by atoms with Gasteiger partial charge in [-0.2, -0.15) is 0 Å². The lowest BCUT2D eigenvalue weighted by molar-refractivity contribution is 0.396. The zero-order valence-electron chi connectivity index (χ0n) is 10.1. The van der Waals surface area contributed by atoms with Crippen LogP contribution in [0.3, 0.4) is 0 Å². The molecule has 0 unspecified atom stereocenters. The molecule has 0 aromatic carbocycles. The zero-order valence-corrected chi connectivity index (χ0v) is 10.1. The van der Waals surface area contributed by atoms with Crippen molar-refractivity contribution in [2.75, 3.05) is 38.2 Å². The summed E-state index contributed by atoms with van der Waals surface area (Å²) in [5.74, 6) is -1.83. The molecule has 6 heteroatoms. The Labute approximate surface area is 99.8 Å². The highest BCUT2D eigenvalue weighted by atomic mass is 19.1. The van der Waals surface area contributed by atoms with E-state index in [-0.39, 0.29) is 11.6 Å². The summed E-state index contributed by atoms with van der Waals surface area (Å²) in [4.78, 5) is 5.69. The molecular weight excluding hydrogens is 226 g/mol. The predicted molar refractivity (Wildman–Crippen MR) is 64.8 cm³/mol. The van der Waals surface area contributed by atoms with E-state index in [2.05, 4.69) is 15.2 Å². The SMILES string of the molecule is CN(C)CCCCNc1nc(N)c(F)cc1F. The number of pyridine rings is 1. The van der Waals surface area contributed by atoms with Gasteiger partial charge in [0, 0.05) is 12.6 Å². The van der Waals surface area contributed by atoms with Crippen molar-refractivity contribution < 1.29 is 8.78 Å². The Morgan fingerprint density at radius 1 is 1.29 bits per heavy atom. The maximum atomic E-state index is 13.2. The van der Waals surface area contributed by atoms with Crippen LogP contribution in [0.4, 0.5) is 20.4 Å². The number of anilines is 2. The van der Waals surface area contributed by atoms with Gasteiger partial charge in [0.1, 0.15) is 0 Å². The van der Waals surface area contributed by atoms with Crippen LogP contribution in [0.5, 0.6) is 0 Å². The highest BCUT2D eigenvalue weighted by molar-refractivity contribution is 5.44. The third kappa shape index (κ3) is 4.52. The van der Waals surface area contributed by atoms with Gasteiger partial charge in [-0.3, -0.25) is 0 Å². The van der Waals surface area contributed by atoms with Gasteiger partial charge in [0.05, 0.1) is 0 Å². The second-order valence-electron chi connectivity index (χ2n) is 4.12. The Bertz CT molecular complexity index is 369. The molecule has 0 aliphatic heterocycles. The molecule has 1 heterocycles. The van der Waals surface area contributed by atoms with E-state index in [1.807, 2.05) is 14.1 Å². The summed E-state index contributed by atoms with van der Waals surface area (Å²) >= 11 is 0. The fraction of sp³-hybridized carbons (Fsp3) is 0.545. The van der Waals surface area contributed by atoms with Crippen LogP contribution in [0.15, 0.2) is 6.07 Å². The summed E-state index contributed by atoms with van der Waals surface area (Å²) in [5, 5.41) is 2.80. The molecule has 1 rings (SSSR count). The van der Waals surface area contributed by atoms with E-state index in [0.717, 1.165) is 25.5 Å². The number of nitrogens with one attached hydrogen (secondary N) is 1. The molecule has 0 aliphatic rings. The minimum absolute atomic E-state index is 0.00810. The van der Waals surface area contributed by atoms with E-state index in [0.29, 0.717) is 6.54 Å². The van der Waals surface area contributed by atoms with Gasteiger partial charge in [-0.15, -0.1) is 0 Å². The van der Waals surface area contributed by atoms with Gasteiger partial charge < -0.3 is 16.0 Å². The minimum atomic E-state index is -0.833. The van der Waals surface area contributed by atoms with Crippen LogP contribution >= 0.6 is 0 Å². The maximum Gasteiger partial charge on any atom is 0.168 e. The number of nitrogens with two attached hydrogens (primary N) is 1. The number of hydrogen-bond acceptors (Lipinski definition) is 4. The molecule has 0 amide bonds. The Morgan fingerprint density at radius 3 is 2.65 bits per heavy atom. The zero-order chi connectivity index (χ0) is 12.8. The van der Waals surface area contributed by atoms with Crippen LogP contribution in [0.2, 0.25) is 0 Å². The summed E-state index contributed by atoms with van der Waals surface area (Å²) in [6, 6.07) is 0.741. The first-order chi connectivity index (χ1) is 8.00. The molecule has 0 radical (unpaired) electrons. The number of nitrogen functional groups attached to an aromatic ring is 1. The van der Waals surface area contributed by atoms with E-state index in [1.54, 1.807) is 0 Å². The van der Waals surface area contributed by atoms with Crippen LogP contribution in [0.25, 0.3) is 0 Å². The van der Waals surface area contributed by atoms with Gasteiger partial charge in [-0.05, 0) is 33.5 Å². The van der Waals surface area contributed by atoms with E-state index < -0.39 is 11.6 Å². The molecule has 1 aromatic heterocycles. The van der Waals surface area contributed by atoms with Crippen LogP contribution < -0.4 is 11.1 Å². The van der Waals surface area contributed by atoms with E-state index in [1.165, 1.54) is 0 Å². The van der Waals surface area contributed by atoms with Gasteiger partial charge in [-0.1, -0.05) is 0 Å². The normalized spacial score (nSPS) is 10.9. The maximum absolute atomic E-state index is 13.2. The molecule has 0 bridgehead atoms. The van der Waals surface area contributed by atoms with Crippen LogP contribution in [0, 0.1) is 11.6 Å². The first kappa shape index (κ1) is 13.6. The van der Waals surface area contributed by atoms with Crippen LogP contribution in [-0.4, -0.2) is 37.1 Å². The molecule has 0 fully saturated rings. The average Bonchev–Trinajstić information content (AvgIpc) is 2.24. The fourth-order valence-electron chi connectivity index (χ4n) is 1.36. The first-order valence-corrected chi connectivity index (χ1v) is 5.51. The van der Waals surface area contributed by atoms with Crippen molar-refractivity contribution in [1.29, 1.82) is 0 Å². The van der Waals surface area contributed by atoms with Gasteiger partial charge in [-0.25, -0.2) is 13.8 Å². The Morgan fingerprint density at radius 2 is 2.00 bits per heavy atom. The average molecular weight is 244 g/mol. The predicted octanol–water partition coefficient (Wildman–Crippen LogP) is 1.70. The first-order valence-electron chi connectivity index (χ1n) is 5.51. The highest BCUT2D eigenvalue weighted by Crippen LogP contribution is 2.16. The molecule has 0 atom stereocenters. The van der Waals surface area contributed by atoms with Crippen molar-refractivity contribution in [3.8, 4) is 0 Å². The Hall–Kier alpha value is -1.43. The number of halogens is 2. The molecule has 17 heavy (non-hydrogen) atoms. The molecule has 96 valence electrons. The van der Waals surface area contributed by atoms with Crippen molar-refractivity contribution in [3.05, 3.63) is 17.7 Å². The highest BCUT2D eigenvalue weighted by Gasteiger charge is 2.08. The number of hydrogen-bond donors (Lipinski definition) is 2. The minimum Gasteiger partial charge on any atom is -0.381 e.